The number of rotatable bonds is 4. The lowest BCUT2D eigenvalue weighted by atomic mass is 10.2. The van der Waals surface area contributed by atoms with Crippen LogP contribution in [-0.2, 0) is 16.6 Å². The molecule has 0 bridgehead atoms. The van der Waals surface area contributed by atoms with Gasteiger partial charge in [-0.25, -0.2) is 12.8 Å². The number of hydrogen-bond donors (Lipinski definition) is 0. The number of amides is 1. The first kappa shape index (κ1) is 20.1. The van der Waals surface area contributed by atoms with Crippen molar-refractivity contribution in [3.8, 4) is 0 Å². The van der Waals surface area contributed by atoms with Crippen molar-refractivity contribution in [1.82, 2.24) is 13.8 Å². The highest BCUT2D eigenvalue weighted by Gasteiger charge is 2.33. The number of aromatic nitrogens is 1. The highest BCUT2D eigenvalue weighted by atomic mass is 32.2. The van der Waals surface area contributed by atoms with Crippen LogP contribution in [0.2, 0.25) is 0 Å². The predicted octanol–water partition coefficient (Wildman–Crippen LogP) is 3.00. The Morgan fingerprint density at radius 2 is 1.93 bits per heavy atom. The molecule has 1 aliphatic heterocycles. The number of fused-ring (bicyclic) bond motifs is 1. The molecule has 1 fully saturated rings. The molecule has 0 radical (unpaired) electrons. The first-order chi connectivity index (χ1) is 13.7. The zero-order valence-electron chi connectivity index (χ0n) is 16.2. The second-order valence-corrected chi connectivity index (χ2v) is 10.2. The van der Waals surface area contributed by atoms with Gasteiger partial charge in [0, 0.05) is 37.6 Å². The fraction of sp³-hybridized carbons (Fsp3) is 0.350. The Morgan fingerprint density at radius 3 is 2.59 bits per heavy atom. The summed E-state index contributed by atoms with van der Waals surface area (Å²) in [7, 11) is -3.29. The van der Waals surface area contributed by atoms with Gasteiger partial charge in [-0.1, -0.05) is 12.1 Å². The summed E-state index contributed by atoms with van der Waals surface area (Å²) in [6.07, 6.45) is 1.20. The molecule has 1 amide bonds. The van der Waals surface area contributed by atoms with Gasteiger partial charge in [0.05, 0.1) is 6.26 Å². The third-order valence-corrected chi connectivity index (χ3v) is 7.60. The first-order valence-electron chi connectivity index (χ1n) is 9.31. The molecule has 154 valence electrons. The first-order valence-corrected chi connectivity index (χ1v) is 12.0. The number of nitrogens with zero attached hydrogens (tertiary/aromatic N) is 3. The van der Waals surface area contributed by atoms with Crippen LogP contribution in [0.3, 0.4) is 0 Å². The summed E-state index contributed by atoms with van der Waals surface area (Å²) in [5.74, 6) is -0.410. The fourth-order valence-electron chi connectivity index (χ4n) is 3.86. The van der Waals surface area contributed by atoms with Crippen LogP contribution in [0.5, 0.6) is 0 Å². The highest BCUT2D eigenvalue weighted by Crippen LogP contribution is 2.28. The van der Waals surface area contributed by atoms with Crippen molar-refractivity contribution in [2.45, 2.75) is 19.5 Å². The number of carbonyl (C=O) groups is 1. The monoisotopic (exact) mass is 435 g/mol. The predicted molar refractivity (Wildman–Crippen MR) is 112 cm³/mol. The van der Waals surface area contributed by atoms with Gasteiger partial charge in [-0.3, -0.25) is 4.79 Å². The number of hydrogen-bond acceptors (Lipinski definition) is 4. The van der Waals surface area contributed by atoms with Gasteiger partial charge in [0.2, 0.25) is 10.0 Å². The van der Waals surface area contributed by atoms with E-state index in [2.05, 4.69) is 0 Å². The Morgan fingerprint density at radius 1 is 1.21 bits per heavy atom. The van der Waals surface area contributed by atoms with E-state index < -0.39 is 10.0 Å². The highest BCUT2D eigenvalue weighted by molar-refractivity contribution is 7.88. The molecule has 1 atom stereocenters. The SMILES string of the molecule is C[C@H]1CN(C(=O)c2cc3ccsc3n2Cc2ccc(F)cc2)CCN1S(C)(=O)=O. The average Bonchev–Trinajstić information content (AvgIpc) is 3.24. The third kappa shape index (κ3) is 3.94. The maximum Gasteiger partial charge on any atom is 0.270 e. The molecule has 1 aliphatic rings. The van der Waals surface area contributed by atoms with E-state index in [1.807, 2.05) is 29.0 Å². The van der Waals surface area contributed by atoms with Gasteiger partial charge in [-0.05, 0) is 42.1 Å². The van der Waals surface area contributed by atoms with Crippen molar-refractivity contribution in [3.63, 3.8) is 0 Å². The smallest absolute Gasteiger partial charge is 0.270 e. The molecule has 0 aliphatic carbocycles. The molecule has 0 spiro atoms. The van der Waals surface area contributed by atoms with Crippen LogP contribution in [0.15, 0.2) is 41.8 Å². The molecule has 9 heteroatoms. The summed E-state index contributed by atoms with van der Waals surface area (Å²) >= 11 is 1.56. The Bertz CT molecular complexity index is 1150. The zero-order chi connectivity index (χ0) is 20.8. The van der Waals surface area contributed by atoms with Gasteiger partial charge < -0.3 is 9.47 Å². The molecule has 6 nitrogen and oxygen atoms in total. The number of carbonyl (C=O) groups excluding carboxylic acids is 1. The van der Waals surface area contributed by atoms with Crippen molar-refractivity contribution in [2.24, 2.45) is 0 Å². The minimum atomic E-state index is -3.29. The van der Waals surface area contributed by atoms with Gasteiger partial charge in [0.15, 0.2) is 0 Å². The lowest BCUT2D eigenvalue weighted by Gasteiger charge is -2.38. The molecule has 2 aromatic heterocycles. The molecule has 0 saturated carbocycles. The molecule has 1 saturated heterocycles. The van der Waals surface area contributed by atoms with Gasteiger partial charge in [0.1, 0.15) is 16.3 Å². The normalized spacial score (nSPS) is 18.4. The summed E-state index contributed by atoms with van der Waals surface area (Å²) < 4.78 is 40.5. The molecule has 29 heavy (non-hydrogen) atoms. The van der Waals surface area contributed by atoms with Crippen LogP contribution in [0.1, 0.15) is 23.0 Å². The van der Waals surface area contributed by atoms with E-state index in [0.29, 0.717) is 31.9 Å². The lowest BCUT2D eigenvalue weighted by molar-refractivity contribution is 0.0633. The lowest BCUT2D eigenvalue weighted by Crippen LogP contribution is -2.55. The number of sulfonamides is 1. The van der Waals surface area contributed by atoms with Crippen molar-refractivity contribution in [3.05, 3.63) is 58.9 Å². The molecule has 4 rings (SSSR count). The molecule has 0 N–H and O–H groups in total. The molecule has 0 unspecified atom stereocenters. The quantitative estimate of drug-likeness (QED) is 0.633. The van der Waals surface area contributed by atoms with Gasteiger partial charge in [0.25, 0.3) is 5.91 Å². The maximum atomic E-state index is 13.3. The van der Waals surface area contributed by atoms with Gasteiger partial charge >= 0.3 is 0 Å². The molecular formula is C20H22FN3O3S2. The number of piperazine rings is 1. The van der Waals surface area contributed by atoms with E-state index in [9.17, 15) is 17.6 Å². The Balaban J connectivity index is 1.63. The largest absolute Gasteiger partial charge is 0.334 e. The number of halogens is 1. The second kappa shape index (κ2) is 7.55. The molecular weight excluding hydrogens is 413 g/mol. The van der Waals surface area contributed by atoms with E-state index in [1.165, 1.54) is 22.7 Å². The van der Waals surface area contributed by atoms with Crippen LogP contribution >= 0.6 is 11.3 Å². The van der Waals surface area contributed by atoms with Crippen LogP contribution in [0.4, 0.5) is 4.39 Å². The zero-order valence-corrected chi connectivity index (χ0v) is 17.8. The number of benzene rings is 1. The van der Waals surface area contributed by atoms with E-state index in [-0.39, 0.29) is 17.8 Å². The third-order valence-electron chi connectivity index (χ3n) is 5.26. The Labute approximate surface area is 173 Å². The van der Waals surface area contributed by atoms with Gasteiger partial charge in [-0.15, -0.1) is 11.3 Å². The van der Waals surface area contributed by atoms with Crippen LogP contribution in [0, 0.1) is 5.82 Å². The Hall–Kier alpha value is -2.23. The summed E-state index contributed by atoms with van der Waals surface area (Å²) in [6, 6.07) is 9.85. The topological polar surface area (TPSA) is 62.6 Å². The fourth-order valence-corrected chi connectivity index (χ4v) is 5.89. The van der Waals surface area contributed by atoms with Crippen LogP contribution in [-0.4, -0.2) is 60.0 Å². The van der Waals surface area contributed by atoms with Gasteiger partial charge in [-0.2, -0.15) is 4.31 Å². The second-order valence-electron chi connectivity index (χ2n) is 7.40. The van der Waals surface area contributed by atoms with E-state index in [4.69, 9.17) is 0 Å². The van der Waals surface area contributed by atoms with Crippen LogP contribution in [0.25, 0.3) is 10.2 Å². The average molecular weight is 436 g/mol. The van der Waals surface area contributed by atoms with Crippen molar-refractivity contribution in [2.75, 3.05) is 25.9 Å². The van der Waals surface area contributed by atoms with Crippen LogP contribution < -0.4 is 0 Å². The van der Waals surface area contributed by atoms with Crippen molar-refractivity contribution >= 4 is 37.5 Å². The number of thiophene rings is 1. The van der Waals surface area contributed by atoms with Crippen molar-refractivity contribution in [1.29, 1.82) is 0 Å². The minimum Gasteiger partial charge on any atom is -0.334 e. The molecule has 3 aromatic rings. The van der Waals surface area contributed by atoms with E-state index in [1.54, 1.807) is 28.4 Å². The van der Waals surface area contributed by atoms with Crippen molar-refractivity contribution < 1.29 is 17.6 Å². The van der Waals surface area contributed by atoms with E-state index >= 15 is 0 Å². The minimum absolute atomic E-state index is 0.115. The summed E-state index contributed by atoms with van der Waals surface area (Å²) in [5, 5.41) is 2.97. The standard InChI is InChI=1S/C20H22FN3O3S2/c1-14-12-22(8-9-24(14)29(2,26)27)19(25)18-11-16-7-10-28-20(16)23(18)13-15-3-5-17(21)6-4-15/h3-7,10-11,14H,8-9,12-13H2,1-2H3/t14-/m0/s1. The van der Waals surface area contributed by atoms with E-state index in [0.717, 1.165) is 15.8 Å². The molecule has 3 heterocycles. The summed E-state index contributed by atoms with van der Waals surface area (Å²) in [4.78, 5) is 16.0. The molecule has 1 aromatic carbocycles. The Kier molecular flexibility index (Phi) is 5.22. The summed E-state index contributed by atoms with van der Waals surface area (Å²) in [5.41, 5.74) is 1.47. The maximum absolute atomic E-state index is 13.3. The summed E-state index contributed by atoms with van der Waals surface area (Å²) in [6.45, 7) is 3.27.